The van der Waals surface area contributed by atoms with Gasteiger partial charge >= 0.3 is 0 Å². The fraction of sp³-hybridized carbons (Fsp3) is 0.222. The van der Waals surface area contributed by atoms with Crippen molar-refractivity contribution < 1.29 is 0 Å². The fourth-order valence-electron chi connectivity index (χ4n) is 0.903. The van der Waals surface area contributed by atoms with Crippen LogP contribution >= 0.6 is 34.8 Å². The summed E-state index contributed by atoms with van der Waals surface area (Å²) < 4.78 is -1.33. The first kappa shape index (κ1) is 10.2. The summed E-state index contributed by atoms with van der Waals surface area (Å²) in [5, 5.41) is 0. The predicted molar refractivity (Wildman–Crippen MR) is 54.7 cm³/mol. The molecule has 1 aromatic carbocycles. The molecule has 0 unspecified atom stereocenters. The molecule has 1 aromatic rings. The van der Waals surface area contributed by atoms with Gasteiger partial charge in [-0.3, -0.25) is 0 Å². The molecule has 65 valence electrons. The molecule has 0 fully saturated rings. The first-order valence-electron chi connectivity index (χ1n) is 3.49. The van der Waals surface area contributed by atoms with E-state index in [9.17, 15) is 0 Å². The number of halogens is 3. The largest absolute Gasteiger partial charge is 0.216 e. The highest BCUT2D eigenvalue weighted by Gasteiger charge is 2.22. The number of hydrogen-bond acceptors (Lipinski definition) is 0. The van der Waals surface area contributed by atoms with Crippen molar-refractivity contribution in [3.05, 3.63) is 42.3 Å². The van der Waals surface area contributed by atoms with Crippen molar-refractivity contribution in [1.82, 2.24) is 0 Å². The molecule has 1 radical (unpaired) electrons. The lowest BCUT2D eigenvalue weighted by molar-refractivity contribution is 1.18. The average Bonchev–Trinajstić information content (AvgIpc) is 2.03. The minimum Gasteiger partial charge on any atom is -0.0784 e. The lowest BCUT2D eigenvalue weighted by atomic mass is 10.1. The molecule has 0 saturated heterocycles. The van der Waals surface area contributed by atoms with Gasteiger partial charge in [0.15, 0.2) is 0 Å². The van der Waals surface area contributed by atoms with E-state index in [-0.39, 0.29) is 0 Å². The maximum atomic E-state index is 5.70. The Morgan fingerprint density at radius 3 is 2.42 bits per heavy atom. The first-order valence-corrected chi connectivity index (χ1v) is 4.63. The summed E-state index contributed by atoms with van der Waals surface area (Å²) in [4.78, 5) is 0. The molecule has 0 nitrogen and oxygen atoms in total. The first-order chi connectivity index (χ1) is 5.54. The van der Waals surface area contributed by atoms with Gasteiger partial charge in [0, 0.05) is 5.56 Å². The number of benzene rings is 1. The van der Waals surface area contributed by atoms with Crippen molar-refractivity contribution in [2.45, 2.75) is 10.2 Å². The predicted octanol–water partition coefficient (Wildman–Crippen LogP) is 3.89. The Morgan fingerprint density at radius 2 is 1.92 bits per heavy atom. The van der Waals surface area contributed by atoms with Gasteiger partial charge in [-0.15, -0.1) is 0 Å². The highest BCUT2D eigenvalue weighted by molar-refractivity contribution is 6.66. The topological polar surface area (TPSA) is 0 Å². The maximum absolute atomic E-state index is 5.70. The number of alkyl halides is 3. The SMILES string of the molecule is [CH2]Cc1cccc(C(Cl)(Cl)Cl)c1. The molecule has 0 spiro atoms. The van der Waals surface area contributed by atoms with Gasteiger partial charge in [-0.1, -0.05) is 59.1 Å². The minimum atomic E-state index is -1.33. The summed E-state index contributed by atoms with van der Waals surface area (Å²) in [5.41, 5.74) is 1.76. The molecule has 0 aliphatic heterocycles. The van der Waals surface area contributed by atoms with Crippen LogP contribution in [-0.4, -0.2) is 0 Å². The summed E-state index contributed by atoms with van der Waals surface area (Å²) in [5.74, 6) is 0. The Morgan fingerprint density at radius 1 is 1.25 bits per heavy atom. The highest BCUT2D eigenvalue weighted by atomic mass is 35.6. The molecule has 3 heteroatoms. The summed E-state index contributed by atoms with van der Waals surface area (Å²) in [6.07, 6.45) is 0.703. The zero-order valence-corrected chi connectivity index (χ0v) is 8.63. The fourth-order valence-corrected chi connectivity index (χ4v) is 1.26. The summed E-state index contributed by atoms with van der Waals surface area (Å²) in [7, 11) is 0. The summed E-state index contributed by atoms with van der Waals surface area (Å²) >= 11 is 17.1. The molecule has 0 amide bonds. The molecule has 0 heterocycles. The zero-order chi connectivity index (χ0) is 9.19. The Balaban J connectivity index is 3.02. The van der Waals surface area contributed by atoms with Crippen molar-refractivity contribution in [2.24, 2.45) is 0 Å². The van der Waals surface area contributed by atoms with E-state index in [1.807, 2.05) is 18.2 Å². The van der Waals surface area contributed by atoms with Crippen LogP contribution in [0.25, 0.3) is 0 Å². The molecule has 0 bridgehead atoms. The maximum Gasteiger partial charge on any atom is 0.216 e. The summed E-state index contributed by atoms with van der Waals surface area (Å²) in [6.45, 7) is 3.75. The number of rotatable bonds is 1. The van der Waals surface area contributed by atoms with Crippen LogP contribution in [-0.2, 0) is 10.2 Å². The van der Waals surface area contributed by atoms with Crippen LogP contribution in [0.1, 0.15) is 11.1 Å². The van der Waals surface area contributed by atoms with E-state index in [1.54, 1.807) is 6.07 Å². The van der Waals surface area contributed by atoms with Gasteiger partial charge in [0.1, 0.15) is 0 Å². The Hall–Kier alpha value is 0.0900. The quantitative estimate of drug-likeness (QED) is 0.633. The van der Waals surface area contributed by atoms with E-state index in [2.05, 4.69) is 6.92 Å². The van der Waals surface area contributed by atoms with E-state index in [1.165, 1.54) is 0 Å². The van der Waals surface area contributed by atoms with Crippen LogP contribution in [0, 0.1) is 6.92 Å². The van der Waals surface area contributed by atoms with Crippen LogP contribution in [0.5, 0.6) is 0 Å². The zero-order valence-electron chi connectivity index (χ0n) is 6.36. The molecular formula is C9H8Cl3. The molecule has 0 aliphatic rings. The van der Waals surface area contributed by atoms with Crippen LogP contribution in [0.2, 0.25) is 0 Å². The molecule has 0 aliphatic carbocycles. The third-order valence-electron chi connectivity index (χ3n) is 1.54. The Kier molecular flexibility index (Phi) is 3.28. The van der Waals surface area contributed by atoms with E-state index >= 15 is 0 Å². The van der Waals surface area contributed by atoms with Crippen molar-refractivity contribution in [1.29, 1.82) is 0 Å². The molecule has 0 atom stereocenters. The van der Waals surface area contributed by atoms with Gasteiger partial charge < -0.3 is 0 Å². The second-order valence-electron chi connectivity index (χ2n) is 2.45. The van der Waals surface area contributed by atoms with Gasteiger partial charge in [-0.25, -0.2) is 0 Å². The molecule has 0 saturated carbocycles. The van der Waals surface area contributed by atoms with Crippen molar-refractivity contribution >= 4 is 34.8 Å². The minimum absolute atomic E-state index is 0.689. The van der Waals surface area contributed by atoms with Crippen molar-refractivity contribution in [2.75, 3.05) is 0 Å². The lowest BCUT2D eigenvalue weighted by Crippen LogP contribution is -2.00. The Bertz CT molecular complexity index is 263. The molecule has 12 heavy (non-hydrogen) atoms. The standard InChI is InChI=1S/C9H8Cl3/c1-2-7-4-3-5-8(6-7)9(10,11)12/h3-6H,1-2H2. The van der Waals surface area contributed by atoms with Crippen molar-refractivity contribution in [3.8, 4) is 0 Å². The molecule has 0 N–H and O–H groups in total. The summed E-state index contributed by atoms with van der Waals surface area (Å²) in [6, 6.07) is 7.44. The van der Waals surface area contributed by atoms with E-state index < -0.39 is 3.79 Å². The number of hydrogen-bond donors (Lipinski definition) is 0. The third-order valence-corrected chi connectivity index (χ3v) is 2.20. The van der Waals surface area contributed by atoms with E-state index in [4.69, 9.17) is 34.8 Å². The van der Waals surface area contributed by atoms with Gasteiger partial charge in [0.25, 0.3) is 0 Å². The Labute approximate surface area is 87.4 Å². The monoisotopic (exact) mass is 221 g/mol. The second-order valence-corrected chi connectivity index (χ2v) is 4.73. The van der Waals surface area contributed by atoms with Crippen LogP contribution in [0.15, 0.2) is 24.3 Å². The van der Waals surface area contributed by atoms with E-state index in [0.29, 0.717) is 12.0 Å². The van der Waals surface area contributed by atoms with Gasteiger partial charge in [-0.05, 0) is 18.9 Å². The molecule has 1 rings (SSSR count). The highest BCUT2D eigenvalue weighted by Crippen LogP contribution is 2.38. The average molecular weight is 223 g/mol. The van der Waals surface area contributed by atoms with Crippen LogP contribution in [0.3, 0.4) is 0 Å². The van der Waals surface area contributed by atoms with Gasteiger partial charge in [0.2, 0.25) is 3.79 Å². The van der Waals surface area contributed by atoms with E-state index in [0.717, 1.165) is 5.56 Å². The van der Waals surface area contributed by atoms with Crippen LogP contribution in [0.4, 0.5) is 0 Å². The molecular weight excluding hydrogens is 214 g/mol. The normalized spacial score (nSPS) is 11.7. The third kappa shape index (κ3) is 2.55. The van der Waals surface area contributed by atoms with Gasteiger partial charge in [-0.2, -0.15) is 0 Å². The van der Waals surface area contributed by atoms with Gasteiger partial charge in [0.05, 0.1) is 0 Å². The lowest BCUT2D eigenvalue weighted by Gasteiger charge is -2.11. The van der Waals surface area contributed by atoms with Crippen molar-refractivity contribution in [3.63, 3.8) is 0 Å². The van der Waals surface area contributed by atoms with Crippen LogP contribution < -0.4 is 0 Å². The molecule has 0 aromatic heterocycles. The second kappa shape index (κ2) is 3.87. The smallest absolute Gasteiger partial charge is 0.0784 e.